The molecule has 2 aromatic heterocycles. The molecule has 1 aliphatic heterocycles. The van der Waals surface area contributed by atoms with Gasteiger partial charge in [-0.2, -0.15) is 9.61 Å². The number of fused-ring (bicyclic) bond motifs is 1. The molecule has 1 saturated heterocycles. The summed E-state index contributed by atoms with van der Waals surface area (Å²) in [4.78, 5) is 4.69. The van der Waals surface area contributed by atoms with Crippen LogP contribution in [0.25, 0.3) is 5.65 Å². The molecule has 120 valence electrons. The van der Waals surface area contributed by atoms with E-state index in [1.807, 2.05) is 17.5 Å². The third-order valence-corrected chi connectivity index (χ3v) is 4.27. The normalized spacial score (nSPS) is 19.0. The molecule has 3 rings (SSSR count). The fourth-order valence-corrected chi connectivity index (χ4v) is 2.97. The van der Waals surface area contributed by atoms with Gasteiger partial charge in [-0.25, -0.2) is 4.98 Å². The summed E-state index contributed by atoms with van der Waals surface area (Å²) in [6.07, 6.45) is 3.62. The highest BCUT2D eigenvalue weighted by Gasteiger charge is 2.14. The molecule has 3 heterocycles. The zero-order valence-electron chi connectivity index (χ0n) is 13.8. The summed E-state index contributed by atoms with van der Waals surface area (Å²) in [6, 6.07) is 4.16. The number of ether oxygens (including phenoxy) is 1. The molecule has 0 spiro atoms. The molecular weight excluding hydrogens is 276 g/mol. The van der Waals surface area contributed by atoms with Gasteiger partial charge in [-0.15, -0.1) is 0 Å². The molecule has 5 nitrogen and oxygen atoms in total. The number of hydrogen-bond donors (Lipinski definition) is 1. The van der Waals surface area contributed by atoms with Gasteiger partial charge in [-0.3, -0.25) is 0 Å². The van der Waals surface area contributed by atoms with Gasteiger partial charge in [-0.1, -0.05) is 13.8 Å². The van der Waals surface area contributed by atoms with E-state index in [4.69, 9.17) is 9.72 Å². The Bertz CT molecular complexity index is 629. The van der Waals surface area contributed by atoms with E-state index in [1.54, 1.807) is 0 Å². The number of aryl methyl sites for hydroxylation is 1. The average molecular weight is 302 g/mol. The molecule has 0 aliphatic carbocycles. The van der Waals surface area contributed by atoms with Crippen LogP contribution in [0.4, 0.5) is 5.82 Å². The van der Waals surface area contributed by atoms with E-state index in [0.717, 1.165) is 49.0 Å². The molecule has 1 N–H and O–H groups in total. The average Bonchev–Trinajstić information content (AvgIpc) is 2.88. The van der Waals surface area contributed by atoms with Gasteiger partial charge in [0.25, 0.3) is 0 Å². The molecule has 0 saturated carbocycles. The lowest BCUT2D eigenvalue weighted by molar-refractivity contribution is 0.0530. The fourth-order valence-electron chi connectivity index (χ4n) is 2.97. The van der Waals surface area contributed by atoms with Crippen molar-refractivity contribution in [2.75, 3.05) is 25.1 Å². The zero-order valence-corrected chi connectivity index (χ0v) is 13.8. The molecule has 1 aliphatic rings. The number of hydrogen-bond acceptors (Lipinski definition) is 4. The van der Waals surface area contributed by atoms with Crippen LogP contribution in [0.3, 0.4) is 0 Å². The Morgan fingerprint density at radius 3 is 3.00 bits per heavy atom. The summed E-state index contributed by atoms with van der Waals surface area (Å²) < 4.78 is 7.47. The van der Waals surface area contributed by atoms with Crippen LogP contribution in [0.2, 0.25) is 0 Å². The second-order valence-electron chi connectivity index (χ2n) is 6.58. The van der Waals surface area contributed by atoms with Crippen LogP contribution >= 0.6 is 0 Å². The monoisotopic (exact) mass is 302 g/mol. The molecule has 0 amide bonds. The predicted octanol–water partition coefficient (Wildman–Crippen LogP) is 3.39. The van der Waals surface area contributed by atoms with Crippen molar-refractivity contribution in [3.05, 3.63) is 23.5 Å². The van der Waals surface area contributed by atoms with Gasteiger partial charge in [0.15, 0.2) is 5.65 Å². The van der Waals surface area contributed by atoms with E-state index in [0.29, 0.717) is 11.8 Å². The highest BCUT2D eigenvalue weighted by molar-refractivity contribution is 5.50. The second-order valence-corrected chi connectivity index (χ2v) is 6.58. The molecule has 1 atom stereocenters. The molecule has 0 aromatic carbocycles. The van der Waals surface area contributed by atoms with Crippen LogP contribution in [0.1, 0.15) is 50.4 Å². The van der Waals surface area contributed by atoms with Crippen molar-refractivity contribution >= 4 is 11.5 Å². The summed E-state index contributed by atoms with van der Waals surface area (Å²) in [5.74, 6) is 2.13. The van der Waals surface area contributed by atoms with Crippen molar-refractivity contribution in [1.29, 1.82) is 0 Å². The second kappa shape index (κ2) is 6.65. The van der Waals surface area contributed by atoms with Gasteiger partial charge in [0.05, 0.1) is 5.69 Å². The van der Waals surface area contributed by atoms with Crippen LogP contribution in [0.5, 0.6) is 0 Å². The topological polar surface area (TPSA) is 51.5 Å². The van der Waals surface area contributed by atoms with Gasteiger partial charge in [0.1, 0.15) is 5.82 Å². The minimum Gasteiger partial charge on any atom is -0.381 e. The molecule has 22 heavy (non-hydrogen) atoms. The van der Waals surface area contributed by atoms with Gasteiger partial charge >= 0.3 is 0 Å². The molecule has 1 fully saturated rings. The number of nitrogens with one attached hydrogen (secondary N) is 1. The molecule has 2 aromatic rings. The van der Waals surface area contributed by atoms with Crippen LogP contribution in [-0.2, 0) is 4.74 Å². The Hall–Kier alpha value is -1.62. The van der Waals surface area contributed by atoms with E-state index in [2.05, 4.69) is 30.3 Å². The summed E-state index contributed by atoms with van der Waals surface area (Å²) >= 11 is 0. The number of anilines is 1. The zero-order chi connectivity index (χ0) is 15.5. The maximum absolute atomic E-state index is 5.55. The van der Waals surface area contributed by atoms with Crippen molar-refractivity contribution < 1.29 is 4.74 Å². The summed E-state index contributed by atoms with van der Waals surface area (Å²) in [6.45, 7) is 9.14. The Morgan fingerprint density at radius 1 is 1.41 bits per heavy atom. The maximum Gasteiger partial charge on any atom is 0.157 e. The van der Waals surface area contributed by atoms with E-state index in [-0.39, 0.29) is 0 Å². The Morgan fingerprint density at radius 2 is 2.27 bits per heavy atom. The molecule has 0 unspecified atom stereocenters. The highest BCUT2D eigenvalue weighted by atomic mass is 16.5. The summed E-state index contributed by atoms with van der Waals surface area (Å²) in [7, 11) is 0. The predicted molar refractivity (Wildman–Crippen MR) is 88.5 cm³/mol. The first-order chi connectivity index (χ1) is 10.6. The van der Waals surface area contributed by atoms with Gasteiger partial charge in [0, 0.05) is 37.6 Å². The summed E-state index contributed by atoms with van der Waals surface area (Å²) in [5, 5.41) is 8.09. The SMILES string of the molecule is Cc1cc2nc(C(C)C)cc(NCC[C@H]3CCCOC3)n2n1. The largest absolute Gasteiger partial charge is 0.381 e. The van der Waals surface area contributed by atoms with Crippen LogP contribution in [0.15, 0.2) is 12.1 Å². The first-order valence-electron chi connectivity index (χ1n) is 8.32. The first-order valence-corrected chi connectivity index (χ1v) is 8.32. The quantitative estimate of drug-likeness (QED) is 0.920. The lowest BCUT2D eigenvalue weighted by Gasteiger charge is -2.22. The van der Waals surface area contributed by atoms with Gasteiger partial charge in [0.2, 0.25) is 0 Å². The lowest BCUT2D eigenvalue weighted by Crippen LogP contribution is -2.20. The van der Waals surface area contributed by atoms with Crippen molar-refractivity contribution in [1.82, 2.24) is 14.6 Å². The van der Waals surface area contributed by atoms with Crippen LogP contribution in [0, 0.1) is 12.8 Å². The van der Waals surface area contributed by atoms with E-state index in [9.17, 15) is 0 Å². The van der Waals surface area contributed by atoms with Crippen molar-refractivity contribution in [2.45, 2.75) is 46.0 Å². The smallest absolute Gasteiger partial charge is 0.157 e. The van der Waals surface area contributed by atoms with Crippen LogP contribution in [-0.4, -0.2) is 34.4 Å². The standard InChI is InChI=1S/C17H26N4O/c1-12(2)15-10-16(21-17(19-15)9-13(3)20-21)18-7-6-14-5-4-8-22-11-14/h9-10,12,14,18H,4-8,11H2,1-3H3/t14-/m1/s1. The van der Waals surface area contributed by atoms with E-state index < -0.39 is 0 Å². The number of aromatic nitrogens is 3. The minimum atomic E-state index is 0.410. The minimum absolute atomic E-state index is 0.410. The Labute approximate surface area is 132 Å². The third-order valence-electron chi connectivity index (χ3n) is 4.27. The molecular formula is C17H26N4O. The number of nitrogens with zero attached hydrogens (tertiary/aromatic N) is 3. The summed E-state index contributed by atoms with van der Waals surface area (Å²) in [5.41, 5.74) is 3.03. The highest BCUT2D eigenvalue weighted by Crippen LogP contribution is 2.21. The first kappa shape index (κ1) is 15.3. The Kier molecular flexibility index (Phi) is 4.62. The third kappa shape index (κ3) is 3.40. The molecule has 0 bridgehead atoms. The maximum atomic E-state index is 5.55. The van der Waals surface area contributed by atoms with Crippen molar-refractivity contribution in [2.24, 2.45) is 5.92 Å². The van der Waals surface area contributed by atoms with E-state index >= 15 is 0 Å². The van der Waals surface area contributed by atoms with Gasteiger partial charge in [-0.05, 0) is 38.0 Å². The van der Waals surface area contributed by atoms with Crippen molar-refractivity contribution in [3.8, 4) is 0 Å². The molecule has 5 heteroatoms. The van der Waals surface area contributed by atoms with E-state index in [1.165, 1.54) is 12.8 Å². The van der Waals surface area contributed by atoms with Crippen molar-refractivity contribution in [3.63, 3.8) is 0 Å². The number of rotatable bonds is 5. The lowest BCUT2D eigenvalue weighted by atomic mass is 9.99. The Balaban J connectivity index is 1.73. The fraction of sp³-hybridized carbons (Fsp3) is 0.647. The van der Waals surface area contributed by atoms with Gasteiger partial charge < -0.3 is 10.1 Å². The molecule has 0 radical (unpaired) electrons. The van der Waals surface area contributed by atoms with Crippen LogP contribution < -0.4 is 5.32 Å².